The number of anilines is 1. The molecule has 31 heavy (non-hydrogen) atoms. The van der Waals surface area contributed by atoms with Crippen LogP contribution in [-0.4, -0.2) is 17.1 Å². The molecule has 2 heterocycles. The monoisotopic (exact) mass is 429 g/mol. The van der Waals surface area contributed by atoms with Crippen molar-refractivity contribution in [3.05, 3.63) is 88.9 Å². The summed E-state index contributed by atoms with van der Waals surface area (Å²) >= 11 is 6.27. The van der Waals surface area contributed by atoms with Gasteiger partial charge in [-0.2, -0.15) is 0 Å². The number of aromatic nitrogens is 2. The van der Waals surface area contributed by atoms with Gasteiger partial charge >= 0.3 is 0 Å². The standard InChI is InChI=1S/C25H20ClN3O2/c1-30-21-11-4-2-7-17(21)14-27-25-28-23(16-8-6-9-18(26)13-16)20-15-31-22-12-5-3-10-19(22)24(20)29-25/h2-13H,14-15H2,1H3,(H,27,28,29). The van der Waals surface area contributed by atoms with Crippen LogP contribution in [0, 0.1) is 0 Å². The van der Waals surface area contributed by atoms with Crippen LogP contribution in [0.3, 0.4) is 0 Å². The number of hydrogen-bond donors (Lipinski definition) is 1. The molecule has 0 saturated carbocycles. The van der Waals surface area contributed by atoms with Crippen LogP contribution in [0.25, 0.3) is 22.5 Å². The Kier molecular flexibility index (Phi) is 5.18. The Morgan fingerprint density at radius 1 is 0.968 bits per heavy atom. The van der Waals surface area contributed by atoms with E-state index in [0.717, 1.165) is 45.1 Å². The number of hydrogen-bond acceptors (Lipinski definition) is 5. The number of nitrogens with one attached hydrogen (secondary N) is 1. The molecule has 0 amide bonds. The summed E-state index contributed by atoms with van der Waals surface area (Å²) in [5.74, 6) is 2.18. The molecule has 1 aromatic heterocycles. The highest BCUT2D eigenvalue weighted by atomic mass is 35.5. The lowest BCUT2D eigenvalue weighted by atomic mass is 9.98. The zero-order valence-electron chi connectivity index (χ0n) is 16.9. The summed E-state index contributed by atoms with van der Waals surface area (Å²) in [7, 11) is 1.67. The van der Waals surface area contributed by atoms with E-state index >= 15 is 0 Å². The van der Waals surface area contributed by atoms with Crippen LogP contribution in [0.2, 0.25) is 5.02 Å². The number of rotatable bonds is 5. The van der Waals surface area contributed by atoms with E-state index in [4.69, 9.17) is 31.0 Å². The van der Waals surface area contributed by atoms with Gasteiger partial charge in [-0.3, -0.25) is 0 Å². The van der Waals surface area contributed by atoms with Gasteiger partial charge in [-0.15, -0.1) is 0 Å². The normalized spacial score (nSPS) is 11.8. The molecule has 4 aromatic rings. The van der Waals surface area contributed by atoms with E-state index in [1.807, 2.05) is 72.8 Å². The predicted molar refractivity (Wildman–Crippen MR) is 123 cm³/mol. The van der Waals surface area contributed by atoms with Crippen molar-refractivity contribution in [2.24, 2.45) is 0 Å². The topological polar surface area (TPSA) is 56.3 Å². The van der Waals surface area contributed by atoms with Crippen LogP contribution < -0.4 is 14.8 Å². The van der Waals surface area contributed by atoms with Crippen LogP contribution in [-0.2, 0) is 13.2 Å². The number of fused-ring (bicyclic) bond motifs is 3. The maximum absolute atomic E-state index is 6.27. The molecule has 0 unspecified atom stereocenters. The third-order valence-electron chi connectivity index (χ3n) is 5.25. The van der Waals surface area contributed by atoms with Gasteiger partial charge in [-0.25, -0.2) is 9.97 Å². The molecule has 0 aliphatic carbocycles. The van der Waals surface area contributed by atoms with Crippen LogP contribution in [0.15, 0.2) is 72.8 Å². The van der Waals surface area contributed by atoms with Gasteiger partial charge in [0.1, 0.15) is 18.1 Å². The molecule has 5 rings (SSSR count). The van der Waals surface area contributed by atoms with Crippen molar-refractivity contribution in [2.45, 2.75) is 13.2 Å². The van der Waals surface area contributed by atoms with Crippen molar-refractivity contribution < 1.29 is 9.47 Å². The number of methoxy groups -OCH3 is 1. The molecule has 3 aromatic carbocycles. The van der Waals surface area contributed by atoms with E-state index in [-0.39, 0.29) is 0 Å². The summed E-state index contributed by atoms with van der Waals surface area (Å²) < 4.78 is 11.5. The van der Waals surface area contributed by atoms with Crippen molar-refractivity contribution in [2.75, 3.05) is 12.4 Å². The van der Waals surface area contributed by atoms with Gasteiger partial charge in [0.15, 0.2) is 0 Å². The minimum Gasteiger partial charge on any atom is -0.496 e. The van der Waals surface area contributed by atoms with Crippen molar-refractivity contribution in [1.82, 2.24) is 9.97 Å². The molecule has 0 atom stereocenters. The molecular formula is C25H20ClN3O2. The van der Waals surface area contributed by atoms with Gasteiger partial charge in [0.25, 0.3) is 0 Å². The van der Waals surface area contributed by atoms with Gasteiger partial charge < -0.3 is 14.8 Å². The average Bonchev–Trinajstić information content (AvgIpc) is 2.82. The van der Waals surface area contributed by atoms with E-state index in [2.05, 4.69) is 5.32 Å². The fourth-order valence-electron chi connectivity index (χ4n) is 3.76. The molecule has 1 aliphatic heterocycles. The van der Waals surface area contributed by atoms with Crippen LogP contribution in [0.5, 0.6) is 11.5 Å². The predicted octanol–water partition coefficient (Wildman–Crippen LogP) is 5.98. The Morgan fingerprint density at radius 2 is 1.77 bits per heavy atom. The highest BCUT2D eigenvalue weighted by Crippen LogP contribution is 2.40. The summed E-state index contributed by atoms with van der Waals surface area (Å²) in [6, 6.07) is 23.5. The van der Waals surface area contributed by atoms with Gasteiger partial charge in [0, 0.05) is 33.8 Å². The first-order valence-corrected chi connectivity index (χ1v) is 10.4. The van der Waals surface area contributed by atoms with E-state index in [1.165, 1.54) is 0 Å². The van der Waals surface area contributed by atoms with Gasteiger partial charge in [-0.05, 0) is 30.3 Å². The first kappa shape index (κ1) is 19.4. The van der Waals surface area contributed by atoms with Crippen LogP contribution in [0.1, 0.15) is 11.1 Å². The lowest BCUT2D eigenvalue weighted by Gasteiger charge is -2.23. The summed E-state index contributed by atoms with van der Waals surface area (Å²) in [4.78, 5) is 9.70. The van der Waals surface area contributed by atoms with Gasteiger partial charge in [-0.1, -0.05) is 54.1 Å². The Morgan fingerprint density at radius 3 is 2.65 bits per heavy atom. The highest BCUT2D eigenvalue weighted by molar-refractivity contribution is 6.30. The third kappa shape index (κ3) is 3.80. The first-order valence-electron chi connectivity index (χ1n) is 9.98. The molecular weight excluding hydrogens is 410 g/mol. The summed E-state index contributed by atoms with van der Waals surface area (Å²) in [6.45, 7) is 0.941. The third-order valence-corrected chi connectivity index (χ3v) is 5.48. The molecule has 154 valence electrons. The molecule has 0 saturated heterocycles. The van der Waals surface area contributed by atoms with Crippen molar-refractivity contribution in [3.63, 3.8) is 0 Å². The summed E-state index contributed by atoms with van der Waals surface area (Å²) in [6.07, 6.45) is 0. The van der Waals surface area contributed by atoms with E-state index in [9.17, 15) is 0 Å². The maximum Gasteiger partial charge on any atom is 0.224 e. The number of para-hydroxylation sites is 2. The number of halogens is 1. The molecule has 1 N–H and O–H groups in total. The number of benzene rings is 3. The molecule has 0 fully saturated rings. The molecule has 0 bridgehead atoms. The minimum absolute atomic E-state index is 0.404. The van der Waals surface area contributed by atoms with Gasteiger partial charge in [0.05, 0.1) is 18.5 Å². The van der Waals surface area contributed by atoms with Crippen LogP contribution >= 0.6 is 11.6 Å². The van der Waals surface area contributed by atoms with E-state index in [1.54, 1.807) is 7.11 Å². The second kappa shape index (κ2) is 8.28. The van der Waals surface area contributed by atoms with E-state index in [0.29, 0.717) is 24.1 Å². The fourth-order valence-corrected chi connectivity index (χ4v) is 3.95. The Hall–Kier alpha value is -3.57. The summed E-state index contributed by atoms with van der Waals surface area (Å²) in [5.41, 5.74) is 5.53. The SMILES string of the molecule is COc1ccccc1CNc1nc(-c2cccc(Cl)c2)c2c(n1)-c1ccccc1OC2. The Balaban J connectivity index is 1.60. The molecule has 1 aliphatic rings. The summed E-state index contributed by atoms with van der Waals surface area (Å²) in [5, 5.41) is 4.02. The Labute approximate surface area is 185 Å². The zero-order chi connectivity index (χ0) is 21.2. The largest absolute Gasteiger partial charge is 0.496 e. The lowest BCUT2D eigenvalue weighted by Crippen LogP contribution is -2.13. The molecule has 0 spiro atoms. The highest BCUT2D eigenvalue weighted by Gasteiger charge is 2.24. The molecule has 5 nitrogen and oxygen atoms in total. The minimum atomic E-state index is 0.404. The van der Waals surface area contributed by atoms with Crippen molar-refractivity contribution >= 4 is 17.5 Å². The first-order chi connectivity index (χ1) is 15.2. The zero-order valence-corrected chi connectivity index (χ0v) is 17.7. The average molecular weight is 430 g/mol. The Bertz CT molecular complexity index is 1260. The van der Waals surface area contributed by atoms with E-state index < -0.39 is 0 Å². The fraction of sp³-hybridized carbons (Fsp3) is 0.120. The van der Waals surface area contributed by atoms with Gasteiger partial charge in [0.2, 0.25) is 5.95 Å². The second-order valence-electron chi connectivity index (χ2n) is 7.18. The lowest BCUT2D eigenvalue weighted by molar-refractivity contribution is 0.301. The number of ether oxygens (including phenoxy) is 2. The number of nitrogens with zero attached hydrogens (tertiary/aromatic N) is 2. The van der Waals surface area contributed by atoms with Crippen molar-refractivity contribution in [1.29, 1.82) is 0 Å². The quantitative estimate of drug-likeness (QED) is 0.423. The van der Waals surface area contributed by atoms with Crippen LogP contribution in [0.4, 0.5) is 5.95 Å². The maximum atomic E-state index is 6.27. The second-order valence-corrected chi connectivity index (χ2v) is 7.62. The molecule has 0 radical (unpaired) electrons. The smallest absolute Gasteiger partial charge is 0.224 e. The van der Waals surface area contributed by atoms with Crippen molar-refractivity contribution in [3.8, 4) is 34.0 Å². The molecule has 6 heteroatoms.